The van der Waals surface area contributed by atoms with Crippen molar-refractivity contribution >= 4 is 8.32 Å². The predicted molar refractivity (Wildman–Crippen MR) is 108 cm³/mol. The molecule has 0 spiro atoms. The molecule has 27 heavy (non-hydrogen) atoms. The van der Waals surface area contributed by atoms with E-state index >= 15 is 0 Å². The van der Waals surface area contributed by atoms with Crippen LogP contribution in [0, 0.1) is 11.8 Å². The third-order valence-electron chi connectivity index (χ3n) is 4.13. The molecular formula is C18H35N3O5Si. The predicted octanol–water partition coefficient (Wildman–Crippen LogP) is 3.39. The molecule has 156 valence electrons. The standard InChI is InChI=1S/C18H35N3O5Si/c1-18(2,3)27(4,5)26-10-7-6-9-22-12-14-24-16-17-25-15-13-23-11-8-20-21-19/h8-17H2,1-5H3. The van der Waals surface area contributed by atoms with Gasteiger partial charge < -0.3 is 23.4 Å². The average Bonchev–Trinajstić information content (AvgIpc) is 2.59. The first kappa shape index (κ1) is 25.9. The van der Waals surface area contributed by atoms with E-state index in [4.69, 9.17) is 28.9 Å². The van der Waals surface area contributed by atoms with Crippen molar-refractivity contribution in [2.24, 2.45) is 5.11 Å². The molecule has 0 N–H and O–H groups in total. The summed E-state index contributed by atoms with van der Waals surface area (Å²) in [7, 11) is -1.72. The lowest BCUT2D eigenvalue weighted by atomic mass is 10.2. The lowest BCUT2D eigenvalue weighted by Crippen LogP contribution is -2.40. The molecule has 0 aliphatic rings. The summed E-state index contributed by atoms with van der Waals surface area (Å²) in [6, 6.07) is 0. The molecule has 0 saturated heterocycles. The smallest absolute Gasteiger partial charge is 0.193 e. The first-order chi connectivity index (χ1) is 12.8. The third-order valence-corrected chi connectivity index (χ3v) is 8.60. The average molecular weight is 402 g/mol. The maximum absolute atomic E-state index is 8.09. The van der Waals surface area contributed by atoms with Gasteiger partial charge in [0.15, 0.2) is 8.32 Å². The SMILES string of the molecule is CC(C)(C)[Si](C)(C)OCC#CCOCCOCCOCCOCCN=[N+]=[N-]. The maximum Gasteiger partial charge on any atom is 0.193 e. The molecule has 0 atom stereocenters. The van der Waals surface area contributed by atoms with Crippen LogP contribution in [-0.4, -0.2) is 74.3 Å². The van der Waals surface area contributed by atoms with Crippen molar-refractivity contribution in [3.05, 3.63) is 10.4 Å². The molecule has 0 aromatic heterocycles. The van der Waals surface area contributed by atoms with Crippen LogP contribution in [-0.2, 0) is 23.4 Å². The van der Waals surface area contributed by atoms with Gasteiger partial charge in [0.2, 0.25) is 0 Å². The van der Waals surface area contributed by atoms with E-state index in [2.05, 4.69) is 55.7 Å². The highest BCUT2D eigenvalue weighted by atomic mass is 28.4. The normalized spacial score (nSPS) is 11.6. The van der Waals surface area contributed by atoms with E-state index in [0.29, 0.717) is 66.0 Å². The van der Waals surface area contributed by atoms with Gasteiger partial charge in [0.1, 0.15) is 6.61 Å². The van der Waals surface area contributed by atoms with Crippen molar-refractivity contribution in [1.29, 1.82) is 0 Å². The van der Waals surface area contributed by atoms with Crippen LogP contribution in [0.4, 0.5) is 0 Å². The maximum atomic E-state index is 8.09. The molecule has 0 heterocycles. The van der Waals surface area contributed by atoms with Crippen molar-refractivity contribution in [3.63, 3.8) is 0 Å². The number of ether oxygens (including phenoxy) is 4. The zero-order valence-corrected chi connectivity index (χ0v) is 18.5. The molecule has 0 bridgehead atoms. The molecule has 0 aromatic carbocycles. The Bertz CT molecular complexity index is 480. The van der Waals surface area contributed by atoms with Gasteiger partial charge in [0, 0.05) is 11.5 Å². The lowest BCUT2D eigenvalue weighted by Gasteiger charge is -2.35. The minimum absolute atomic E-state index is 0.201. The van der Waals surface area contributed by atoms with Gasteiger partial charge in [-0.3, -0.25) is 0 Å². The Kier molecular flexibility index (Phi) is 15.2. The topological polar surface area (TPSA) is 94.9 Å². The Labute approximate surface area is 164 Å². The van der Waals surface area contributed by atoms with Crippen LogP contribution < -0.4 is 0 Å². The second kappa shape index (κ2) is 15.9. The number of hydrogen-bond donors (Lipinski definition) is 0. The summed E-state index contributed by atoms with van der Waals surface area (Å²) in [5.41, 5.74) is 8.09. The van der Waals surface area contributed by atoms with Crippen LogP contribution in [0.3, 0.4) is 0 Å². The monoisotopic (exact) mass is 401 g/mol. The van der Waals surface area contributed by atoms with E-state index in [9.17, 15) is 0 Å². The molecular weight excluding hydrogens is 366 g/mol. The van der Waals surface area contributed by atoms with E-state index < -0.39 is 8.32 Å². The van der Waals surface area contributed by atoms with E-state index in [-0.39, 0.29) is 5.04 Å². The molecule has 0 radical (unpaired) electrons. The fraction of sp³-hybridized carbons (Fsp3) is 0.889. The lowest BCUT2D eigenvalue weighted by molar-refractivity contribution is 0.00223. The number of azide groups is 1. The molecule has 9 heteroatoms. The van der Waals surface area contributed by atoms with Crippen molar-refractivity contribution in [2.75, 3.05) is 66.0 Å². The highest BCUT2D eigenvalue weighted by molar-refractivity contribution is 6.74. The molecule has 0 amide bonds. The first-order valence-corrected chi connectivity index (χ1v) is 12.1. The molecule has 0 saturated carbocycles. The van der Waals surface area contributed by atoms with Crippen LogP contribution in [0.5, 0.6) is 0 Å². The summed E-state index contributed by atoms with van der Waals surface area (Å²) in [6.45, 7) is 15.6. The van der Waals surface area contributed by atoms with E-state index in [1.54, 1.807) is 0 Å². The van der Waals surface area contributed by atoms with Gasteiger partial charge in [-0.15, -0.1) is 0 Å². The minimum atomic E-state index is -1.72. The number of nitrogens with zero attached hydrogens (tertiary/aromatic N) is 3. The summed E-state index contributed by atoms with van der Waals surface area (Å²) in [5, 5.41) is 3.56. The van der Waals surface area contributed by atoms with Gasteiger partial charge in [0.25, 0.3) is 0 Å². The van der Waals surface area contributed by atoms with E-state index in [1.165, 1.54) is 0 Å². The highest BCUT2D eigenvalue weighted by Crippen LogP contribution is 2.36. The van der Waals surface area contributed by atoms with Gasteiger partial charge in [-0.1, -0.05) is 37.7 Å². The quantitative estimate of drug-likeness (QED) is 0.105. The van der Waals surface area contributed by atoms with Crippen molar-refractivity contribution in [2.45, 2.75) is 38.9 Å². The van der Waals surface area contributed by atoms with Crippen LogP contribution in [0.1, 0.15) is 20.8 Å². The van der Waals surface area contributed by atoms with Crippen LogP contribution in [0.2, 0.25) is 18.1 Å². The third kappa shape index (κ3) is 15.6. The fourth-order valence-electron chi connectivity index (χ4n) is 1.47. The second-order valence-electron chi connectivity index (χ2n) is 7.25. The minimum Gasteiger partial charge on any atom is -0.406 e. The zero-order chi connectivity index (χ0) is 20.4. The largest absolute Gasteiger partial charge is 0.406 e. The summed E-state index contributed by atoms with van der Waals surface area (Å²) in [6.07, 6.45) is 0. The molecule has 0 fully saturated rings. The fourth-order valence-corrected chi connectivity index (χ4v) is 2.33. The molecule has 0 aliphatic carbocycles. The molecule has 0 aliphatic heterocycles. The van der Waals surface area contributed by atoms with Crippen molar-refractivity contribution in [1.82, 2.24) is 0 Å². The summed E-state index contributed by atoms with van der Waals surface area (Å²) in [4.78, 5) is 2.64. The van der Waals surface area contributed by atoms with Crippen LogP contribution in [0.15, 0.2) is 5.11 Å². The van der Waals surface area contributed by atoms with Gasteiger partial charge in [-0.2, -0.15) is 0 Å². The van der Waals surface area contributed by atoms with E-state index in [0.717, 1.165) is 0 Å². The Morgan fingerprint density at radius 2 is 1.30 bits per heavy atom. The van der Waals surface area contributed by atoms with Gasteiger partial charge >= 0.3 is 0 Å². The first-order valence-electron chi connectivity index (χ1n) is 9.23. The van der Waals surface area contributed by atoms with Crippen LogP contribution >= 0.6 is 0 Å². The molecule has 0 unspecified atom stereocenters. The van der Waals surface area contributed by atoms with Gasteiger partial charge in [0.05, 0.1) is 52.9 Å². The number of hydrogen-bond acceptors (Lipinski definition) is 6. The second-order valence-corrected chi connectivity index (χ2v) is 12.1. The highest BCUT2D eigenvalue weighted by Gasteiger charge is 2.36. The molecule has 0 rings (SSSR count). The Balaban J connectivity index is 3.36. The Morgan fingerprint density at radius 1 is 0.815 bits per heavy atom. The number of rotatable bonds is 15. The summed E-state index contributed by atoms with van der Waals surface area (Å²) >= 11 is 0. The Hall–Kier alpha value is -1.11. The zero-order valence-electron chi connectivity index (χ0n) is 17.5. The van der Waals surface area contributed by atoms with Gasteiger partial charge in [-0.25, -0.2) is 0 Å². The Morgan fingerprint density at radius 3 is 1.81 bits per heavy atom. The summed E-state index contributed by atoms with van der Waals surface area (Å²) < 4.78 is 27.3. The molecule has 0 aromatic rings. The van der Waals surface area contributed by atoms with Gasteiger partial charge in [-0.05, 0) is 23.7 Å². The summed E-state index contributed by atoms with van der Waals surface area (Å²) in [5.74, 6) is 5.96. The van der Waals surface area contributed by atoms with Crippen molar-refractivity contribution < 1.29 is 23.4 Å². The molecule has 8 nitrogen and oxygen atoms in total. The van der Waals surface area contributed by atoms with Crippen molar-refractivity contribution in [3.8, 4) is 11.8 Å². The van der Waals surface area contributed by atoms with Crippen LogP contribution in [0.25, 0.3) is 10.4 Å². The van der Waals surface area contributed by atoms with E-state index in [1.807, 2.05) is 0 Å².